The normalized spacial score (nSPS) is 16.7. The molecule has 1 aromatic carbocycles. The molecule has 0 amide bonds. The summed E-state index contributed by atoms with van der Waals surface area (Å²) in [7, 11) is 0. The van der Waals surface area contributed by atoms with Crippen molar-refractivity contribution in [2.45, 2.75) is 26.7 Å². The molecule has 1 N–H and O–H groups in total. The highest BCUT2D eigenvalue weighted by Crippen LogP contribution is 2.29. The minimum atomic E-state index is -0.334. The Kier molecular flexibility index (Phi) is 4.20. The second-order valence-corrected chi connectivity index (χ2v) is 5.29. The monoisotopic (exact) mass is 265 g/mol. The molecule has 19 heavy (non-hydrogen) atoms. The summed E-state index contributed by atoms with van der Waals surface area (Å²) in [5.41, 5.74) is 1.83. The zero-order valence-electron chi connectivity index (χ0n) is 11.4. The minimum absolute atomic E-state index is 0.113. The fourth-order valence-electron chi connectivity index (χ4n) is 2.57. The number of nitrogens with zero attached hydrogens (tertiary/aromatic N) is 1. The quantitative estimate of drug-likeness (QED) is 0.854. The molecular formula is C15H20FNO2. The van der Waals surface area contributed by atoms with Gasteiger partial charge in [0.05, 0.1) is 0 Å². The van der Waals surface area contributed by atoms with Gasteiger partial charge in [0.1, 0.15) is 5.82 Å². The van der Waals surface area contributed by atoms with Gasteiger partial charge in [-0.1, -0.05) is 0 Å². The predicted octanol–water partition coefficient (Wildman–Crippen LogP) is 2.55. The van der Waals surface area contributed by atoms with Gasteiger partial charge in [-0.2, -0.15) is 0 Å². The van der Waals surface area contributed by atoms with Gasteiger partial charge in [-0.25, -0.2) is 4.39 Å². The Hall–Kier alpha value is -1.42. The Labute approximate surface area is 113 Å². The van der Waals surface area contributed by atoms with Gasteiger partial charge >= 0.3 is 0 Å². The number of piperidine rings is 1. The second kappa shape index (κ2) is 5.70. The number of rotatable bonds is 3. The summed E-state index contributed by atoms with van der Waals surface area (Å²) >= 11 is 0. The molecule has 0 bridgehead atoms. The maximum Gasteiger partial charge on any atom is 0.161 e. The number of aryl methyl sites for hydroxylation is 1. The molecule has 1 aromatic rings. The van der Waals surface area contributed by atoms with Crippen molar-refractivity contribution in [3.05, 3.63) is 29.1 Å². The number of aliphatic hydroxyl groups excluding tert-OH is 1. The van der Waals surface area contributed by atoms with Crippen LogP contribution in [0.3, 0.4) is 0 Å². The zero-order chi connectivity index (χ0) is 14.0. The molecule has 0 unspecified atom stereocenters. The third-order valence-electron chi connectivity index (χ3n) is 3.87. The Balaban J connectivity index is 2.29. The average Bonchev–Trinajstić information content (AvgIpc) is 2.41. The molecule has 1 aliphatic heterocycles. The summed E-state index contributed by atoms with van der Waals surface area (Å²) < 4.78 is 13.6. The molecule has 4 heteroatoms. The lowest BCUT2D eigenvalue weighted by Gasteiger charge is -2.34. The van der Waals surface area contributed by atoms with Crippen molar-refractivity contribution < 1.29 is 14.3 Å². The summed E-state index contributed by atoms with van der Waals surface area (Å²) in [6, 6.07) is 3.09. The van der Waals surface area contributed by atoms with E-state index in [1.54, 1.807) is 13.0 Å². The number of hydrogen-bond acceptors (Lipinski definition) is 3. The lowest BCUT2D eigenvalue weighted by molar-refractivity contribution is 0.101. The first-order valence-electron chi connectivity index (χ1n) is 6.69. The molecule has 0 aromatic heterocycles. The highest BCUT2D eigenvalue weighted by molar-refractivity contribution is 6.00. The van der Waals surface area contributed by atoms with E-state index in [1.807, 2.05) is 0 Å². The molecule has 0 aliphatic carbocycles. The standard InChI is InChI=1S/C15H20FNO2/c1-10-7-15(13(11(2)19)8-14(10)16)17-5-3-12(9-18)4-6-17/h7-8,12,18H,3-6,9H2,1-2H3. The smallest absolute Gasteiger partial charge is 0.161 e. The van der Waals surface area contributed by atoms with E-state index in [9.17, 15) is 9.18 Å². The predicted molar refractivity (Wildman–Crippen MR) is 73.2 cm³/mol. The third kappa shape index (κ3) is 2.95. The van der Waals surface area contributed by atoms with Crippen molar-refractivity contribution in [2.75, 3.05) is 24.6 Å². The van der Waals surface area contributed by atoms with E-state index in [2.05, 4.69) is 4.90 Å². The van der Waals surface area contributed by atoms with Crippen molar-refractivity contribution in [3.63, 3.8) is 0 Å². The van der Waals surface area contributed by atoms with Crippen molar-refractivity contribution >= 4 is 11.5 Å². The van der Waals surface area contributed by atoms with Crippen LogP contribution in [-0.2, 0) is 0 Å². The molecule has 1 heterocycles. The van der Waals surface area contributed by atoms with Gasteiger partial charge in [-0.05, 0) is 50.3 Å². The Morgan fingerprint density at radius 1 is 1.42 bits per heavy atom. The Morgan fingerprint density at radius 2 is 2.05 bits per heavy atom. The van der Waals surface area contributed by atoms with Crippen LogP contribution in [0.2, 0.25) is 0 Å². The maximum atomic E-state index is 13.6. The molecule has 1 saturated heterocycles. The van der Waals surface area contributed by atoms with Gasteiger partial charge in [-0.15, -0.1) is 0 Å². The van der Waals surface area contributed by atoms with E-state index in [0.717, 1.165) is 31.6 Å². The number of anilines is 1. The molecule has 0 atom stereocenters. The van der Waals surface area contributed by atoms with Crippen LogP contribution < -0.4 is 4.90 Å². The summed E-state index contributed by atoms with van der Waals surface area (Å²) in [5.74, 6) is -0.101. The van der Waals surface area contributed by atoms with Crippen molar-refractivity contribution in [1.82, 2.24) is 0 Å². The summed E-state index contributed by atoms with van der Waals surface area (Å²) in [4.78, 5) is 13.8. The molecule has 3 nitrogen and oxygen atoms in total. The van der Waals surface area contributed by atoms with Crippen LogP contribution in [0.25, 0.3) is 0 Å². The largest absolute Gasteiger partial charge is 0.396 e. The van der Waals surface area contributed by atoms with Crippen LogP contribution in [0.4, 0.5) is 10.1 Å². The highest BCUT2D eigenvalue weighted by Gasteiger charge is 2.22. The fourth-order valence-corrected chi connectivity index (χ4v) is 2.57. The molecule has 0 spiro atoms. The van der Waals surface area contributed by atoms with E-state index >= 15 is 0 Å². The number of aliphatic hydroxyl groups is 1. The number of halogens is 1. The molecule has 1 fully saturated rings. The van der Waals surface area contributed by atoms with Gasteiger partial charge < -0.3 is 10.0 Å². The van der Waals surface area contributed by atoms with E-state index in [-0.39, 0.29) is 18.2 Å². The lowest BCUT2D eigenvalue weighted by atomic mass is 9.96. The maximum absolute atomic E-state index is 13.6. The van der Waals surface area contributed by atoms with Gasteiger partial charge in [0.2, 0.25) is 0 Å². The van der Waals surface area contributed by atoms with Gasteiger partial charge in [0.25, 0.3) is 0 Å². The summed E-state index contributed by atoms with van der Waals surface area (Å²) in [6.07, 6.45) is 1.81. The first-order valence-corrected chi connectivity index (χ1v) is 6.69. The summed E-state index contributed by atoms with van der Waals surface area (Å²) in [6.45, 7) is 5.00. The van der Waals surface area contributed by atoms with Gasteiger partial charge in [0, 0.05) is 30.9 Å². The average molecular weight is 265 g/mol. The molecule has 0 radical (unpaired) electrons. The van der Waals surface area contributed by atoms with Gasteiger partial charge in [-0.3, -0.25) is 4.79 Å². The fraction of sp³-hybridized carbons (Fsp3) is 0.533. The van der Waals surface area contributed by atoms with Crippen molar-refractivity contribution in [3.8, 4) is 0 Å². The van der Waals surface area contributed by atoms with E-state index in [0.29, 0.717) is 17.0 Å². The number of carbonyl (C=O) groups is 1. The SMILES string of the molecule is CC(=O)c1cc(F)c(C)cc1N1CCC(CO)CC1. The van der Waals surface area contributed by atoms with Crippen molar-refractivity contribution in [2.24, 2.45) is 5.92 Å². The van der Waals surface area contributed by atoms with Gasteiger partial charge in [0.15, 0.2) is 5.78 Å². The number of carbonyl (C=O) groups excluding carboxylic acids is 1. The van der Waals surface area contributed by atoms with Crippen LogP contribution >= 0.6 is 0 Å². The topological polar surface area (TPSA) is 40.5 Å². The van der Waals surface area contributed by atoms with Crippen LogP contribution in [0.15, 0.2) is 12.1 Å². The van der Waals surface area contributed by atoms with Crippen LogP contribution in [-0.4, -0.2) is 30.6 Å². The number of ketones is 1. The van der Waals surface area contributed by atoms with Crippen LogP contribution in [0, 0.1) is 18.7 Å². The number of benzene rings is 1. The highest BCUT2D eigenvalue weighted by atomic mass is 19.1. The Morgan fingerprint density at radius 3 is 2.58 bits per heavy atom. The molecule has 0 saturated carbocycles. The van der Waals surface area contributed by atoms with Crippen LogP contribution in [0.5, 0.6) is 0 Å². The molecular weight excluding hydrogens is 245 g/mol. The first kappa shape index (κ1) is 14.0. The third-order valence-corrected chi connectivity index (χ3v) is 3.87. The van der Waals surface area contributed by atoms with Crippen molar-refractivity contribution in [1.29, 1.82) is 0 Å². The molecule has 1 aliphatic rings. The zero-order valence-corrected chi connectivity index (χ0v) is 11.4. The number of Topliss-reactive ketones (excluding diaryl/α,β-unsaturated/α-hetero) is 1. The summed E-state index contributed by atoms with van der Waals surface area (Å²) in [5, 5.41) is 9.15. The first-order chi connectivity index (χ1) is 9.02. The minimum Gasteiger partial charge on any atom is -0.396 e. The molecule has 104 valence electrons. The van der Waals surface area contributed by atoms with E-state index < -0.39 is 0 Å². The molecule has 2 rings (SSSR count). The second-order valence-electron chi connectivity index (χ2n) is 5.29. The number of hydrogen-bond donors (Lipinski definition) is 1. The van der Waals surface area contributed by atoms with Crippen LogP contribution in [0.1, 0.15) is 35.7 Å². The Bertz CT molecular complexity index is 479. The lowest BCUT2D eigenvalue weighted by Crippen LogP contribution is -2.35. The van der Waals surface area contributed by atoms with E-state index in [1.165, 1.54) is 13.0 Å². The van der Waals surface area contributed by atoms with E-state index in [4.69, 9.17) is 5.11 Å².